The van der Waals surface area contributed by atoms with Gasteiger partial charge in [0.2, 0.25) is 5.91 Å². The van der Waals surface area contributed by atoms with Crippen molar-refractivity contribution >= 4 is 5.91 Å². The summed E-state index contributed by atoms with van der Waals surface area (Å²) < 4.78 is 0. The largest absolute Gasteiger partial charge is 0.339 e. The molecular weight excluding hydrogens is 202 g/mol. The molecule has 0 aromatic rings. The van der Waals surface area contributed by atoms with Gasteiger partial charge in [0.15, 0.2) is 0 Å². The van der Waals surface area contributed by atoms with Gasteiger partial charge in [-0.05, 0) is 40.2 Å². The van der Waals surface area contributed by atoms with E-state index in [0.717, 1.165) is 19.5 Å². The summed E-state index contributed by atoms with van der Waals surface area (Å²) in [4.78, 5) is 16.5. The number of amides is 1. The van der Waals surface area contributed by atoms with Gasteiger partial charge < -0.3 is 10.6 Å². The van der Waals surface area contributed by atoms with Crippen LogP contribution in [0, 0.1) is 0 Å². The molecule has 0 aliphatic carbocycles. The maximum absolute atomic E-state index is 12.1. The molecule has 0 spiro atoms. The van der Waals surface area contributed by atoms with Crippen molar-refractivity contribution in [2.75, 3.05) is 20.1 Å². The van der Waals surface area contributed by atoms with Crippen LogP contribution in [0.25, 0.3) is 0 Å². The van der Waals surface area contributed by atoms with Crippen molar-refractivity contribution < 1.29 is 4.79 Å². The Labute approximate surface area is 97.8 Å². The molecule has 2 rings (SSSR count). The minimum Gasteiger partial charge on any atom is -0.339 e. The van der Waals surface area contributed by atoms with Crippen LogP contribution in [0.3, 0.4) is 0 Å². The number of nitrogens with zero attached hydrogens (tertiary/aromatic N) is 2. The third kappa shape index (κ3) is 2.09. The van der Waals surface area contributed by atoms with E-state index in [-0.39, 0.29) is 5.91 Å². The summed E-state index contributed by atoms with van der Waals surface area (Å²) >= 11 is 0. The lowest BCUT2D eigenvalue weighted by molar-refractivity contribution is -0.136. The molecule has 2 unspecified atom stereocenters. The second kappa shape index (κ2) is 4.00. The van der Waals surface area contributed by atoms with E-state index in [1.54, 1.807) is 13.8 Å². The summed E-state index contributed by atoms with van der Waals surface area (Å²) in [7, 11) is 2.18. The van der Waals surface area contributed by atoms with E-state index in [0.29, 0.717) is 12.1 Å². The van der Waals surface area contributed by atoms with Crippen molar-refractivity contribution in [1.82, 2.24) is 9.80 Å². The van der Waals surface area contributed by atoms with E-state index in [4.69, 9.17) is 5.73 Å². The molecular formula is C12H23N3O. The van der Waals surface area contributed by atoms with E-state index in [1.807, 2.05) is 4.90 Å². The van der Waals surface area contributed by atoms with Crippen LogP contribution in [0.2, 0.25) is 0 Å². The van der Waals surface area contributed by atoms with Gasteiger partial charge >= 0.3 is 0 Å². The number of rotatable bonds is 1. The normalized spacial score (nSPS) is 31.6. The molecule has 4 nitrogen and oxygen atoms in total. The summed E-state index contributed by atoms with van der Waals surface area (Å²) in [5, 5.41) is 0. The predicted molar refractivity (Wildman–Crippen MR) is 64.0 cm³/mol. The van der Waals surface area contributed by atoms with Crippen molar-refractivity contribution in [1.29, 1.82) is 0 Å². The van der Waals surface area contributed by atoms with Gasteiger partial charge in [-0.25, -0.2) is 0 Å². The molecule has 16 heavy (non-hydrogen) atoms. The Bertz CT molecular complexity index is 284. The molecule has 2 bridgehead atoms. The minimum atomic E-state index is -0.734. The molecule has 0 aromatic carbocycles. The maximum Gasteiger partial charge on any atom is 0.242 e. The van der Waals surface area contributed by atoms with Crippen LogP contribution in [0.5, 0.6) is 0 Å². The van der Waals surface area contributed by atoms with Crippen LogP contribution in [0.4, 0.5) is 0 Å². The zero-order valence-electron chi connectivity index (χ0n) is 10.6. The van der Waals surface area contributed by atoms with Gasteiger partial charge in [-0.2, -0.15) is 0 Å². The summed E-state index contributed by atoms with van der Waals surface area (Å²) in [6.45, 7) is 5.31. The van der Waals surface area contributed by atoms with Crippen molar-refractivity contribution in [3.05, 3.63) is 0 Å². The molecule has 2 atom stereocenters. The first kappa shape index (κ1) is 11.9. The molecule has 2 N–H and O–H groups in total. The van der Waals surface area contributed by atoms with E-state index >= 15 is 0 Å². The first-order valence-electron chi connectivity index (χ1n) is 6.20. The minimum absolute atomic E-state index is 0.0912. The lowest BCUT2D eigenvalue weighted by atomic mass is 10.0. The second-order valence-electron chi connectivity index (χ2n) is 5.81. The van der Waals surface area contributed by atoms with Crippen molar-refractivity contribution in [3.63, 3.8) is 0 Å². The average molecular weight is 225 g/mol. The number of carbonyl (C=O) groups excluding carboxylic acids is 1. The SMILES string of the molecule is CN1C2CCC1CN(C(=O)C(C)(C)N)CC2. The van der Waals surface area contributed by atoms with Crippen LogP contribution < -0.4 is 5.73 Å². The molecule has 0 aromatic heterocycles. The van der Waals surface area contributed by atoms with Crippen LogP contribution in [-0.2, 0) is 4.79 Å². The van der Waals surface area contributed by atoms with Gasteiger partial charge in [-0.15, -0.1) is 0 Å². The highest BCUT2D eigenvalue weighted by atomic mass is 16.2. The third-order valence-electron chi connectivity index (χ3n) is 3.99. The fraction of sp³-hybridized carbons (Fsp3) is 0.917. The van der Waals surface area contributed by atoms with Crippen LogP contribution in [0.1, 0.15) is 33.1 Å². The lowest BCUT2D eigenvalue weighted by Crippen LogP contribution is -2.53. The smallest absolute Gasteiger partial charge is 0.242 e. The van der Waals surface area contributed by atoms with E-state index in [1.165, 1.54) is 12.8 Å². The fourth-order valence-corrected chi connectivity index (χ4v) is 2.90. The summed E-state index contributed by atoms with van der Waals surface area (Å²) in [6.07, 6.45) is 3.60. The van der Waals surface area contributed by atoms with Crippen LogP contribution in [0.15, 0.2) is 0 Å². The molecule has 92 valence electrons. The lowest BCUT2D eigenvalue weighted by Gasteiger charge is -2.31. The van der Waals surface area contributed by atoms with Gasteiger partial charge in [-0.3, -0.25) is 9.69 Å². The van der Waals surface area contributed by atoms with E-state index in [2.05, 4.69) is 11.9 Å². The Morgan fingerprint density at radius 1 is 1.25 bits per heavy atom. The number of hydrogen-bond acceptors (Lipinski definition) is 3. The van der Waals surface area contributed by atoms with Crippen molar-refractivity contribution in [2.24, 2.45) is 5.73 Å². The highest BCUT2D eigenvalue weighted by Gasteiger charge is 2.38. The quantitative estimate of drug-likeness (QED) is 0.703. The first-order chi connectivity index (χ1) is 7.39. The summed E-state index contributed by atoms with van der Waals surface area (Å²) in [5.41, 5.74) is 5.15. The van der Waals surface area contributed by atoms with Gasteiger partial charge in [0.05, 0.1) is 5.54 Å². The highest BCUT2D eigenvalue weighted by molar-refractivity contribution is 5.85. The third-order valence-corrected chi connectivity index (χ3v) is 3.99. The Morgan fingerprint density at radius 3 is 2.50 bits per heavy atom. The zero-order valence-corrected chi connectivity index (χ0v) is 10.6. The maximum atomic E-state index is 12.1. The molecule has 2 aliphatic heterocycles. The average Bonchev–Trinajstić information content (AvgIpc) is 2.39. The summed E-state index contributed by atoms with van der Waals surface area (Å²) in [6, 6.07) is 1.21. The monoisotopic (exact) mass is 225 g/mol. The second-order valence-corrected chi connectivity index (χ2v) is 5.81. The molecule has 2 heterocycles. The topological polar surface area (TPSA) is 49.6 Å². The van der Waals surface area contributed by atoms with E-state index < -0.39 is 5.54 Å². The fourth-order valence-electron chi connectivity index (χ4n) is 2.90. The molecule has 0 saturated carbocycles. The molecule has 4 heteroatoms. The molecule has 2 aliphatic rings. The Balaban J connectivity index is 2.07. The van der Waals surface area contributed by atoms with Gasteiger partial charge in [-0.1, -0.05) is 0 Å². The Hall–Kier alpha value is -0.610. The van der Waals surface area contributed by atoms with Gasteiger partial charge in [0, 0.05) is 25.2 Å². The molecule has 1 amide bonds. The number of hydrogen-bond donors (Lipinski definition) is 1. The Kier molecular flexibility index (Phi) is 2.97. The number of nitrogens with two attached hydrogens (primary N) is 1. The summed E-state index contributed by atoms with van der Waals surface area (Å²) in [5.74, 6) is 0.0912. The van der Waals surface area contributed by atoms with Gasteiger partial charge in [0.25, 0.3) is 0 Å². The van der Waals surface area contributed by atoms with Crippen molar-refractivity contribution in [2.45, 2.75) is 50.7 Å². The van der Waals surface area contributed by atoms with Crippen LogP contribution in [-0.4, -0.2) is 53.5 Å². The van der Waals surface area contributed by atoms with E-state index in [9.17, 15) is 4.79 Å². The number of fused-ring (bicyclic) bond motifs is 2. The van der Waals surface area contributed by atoms with Crippen molar-refractivity contribution in [3.8, 4) is 0 Å². The number of carbonyl (C=O) groups is 1. The highest BCUT2D eigenvalue weighted by Crippen LogP contribution is 2.28. The molecule has 0 radical (unpaired) electrons. The van der Waals surface area contributed by atoms with Crippen LogP contribution >= 0.6 is 0 Å². The number of likely N-dealkylation sites (tertiary alicyclic amines) is 1. The standard InChI is InChI=1S/C12H23N3O/c1-12(2,13)11(16)15-7-6-9-4-5-10(8-15)14(9)3/h9-10H,4-8,13H2,1-3H3. The first-order valence-corrected chi connectivity index (χ1v) is 6.20. The predicted octanol–water partition coefficient (Wildman–Crippen LogP) is 0.419. The van der Waals surface area contributed by atoms with Gasteiger partial charge in [0.1, 0.15) is 0 Å². The molecule has 2 fully saturated rings. The zero-order chi connectivity index (χ0) is 11.9. The Morgan fingerprint density at radius 2 is 1.88 bits per heavy atom. The molecule has 2 saturated heterocycles. The number of likely N-dealkylation sites (N-methyl/N-ethyl adjacent to an activating group) is 1.